The van der Waals surface area contributed by atoms with E-state index in [1.54, 1.807) is 6.26 Å². The van der Waals surface area contributed by atoms with Crippen molar-refractivity contribution in [3.05, 3.63) is 22.6 Å². The summed E-state index contributed by atoms with van der Waals surface area (Å²) >= 11 is 3.23. The summed E-state index contributed by atoms with van der Waals surface area (Å²) in [5.74, 6) is 5.82. The third-order valence-electron chi connectivity index (χ3n) is 1.77. The number of rotatable bonds is 3. The Bertz CT molecular complexity index is 321. The average molecular weight is 242 g/mol. The lowest BCUT2D eigenvalue weighted by molar-refractivity contribution is 0.533. The summed E-state index contributed by atoms with van der Waals surface area (Å²) < 4.78 is 5.81. The van der Waals surface area contributed by atoms with Gasteiger partial charge in [0.15, 0.2) is 4.67 Å². The van der Waals surface area contributed by atoms with Crippen LogP contribution in [0.25, 0.3) is 0 Å². The quantitative estimate of drug-likeness (QED) is 0.827. The SMILES string of the molecule is CC#CCCC(N)c1coc(Br)c1. The van der Waals surface area contributed by atoms with Gasteiger partial charge < -0.3 is 10.2 Å². The lowest BCUT2D eigenvalue weighted by atomic mass is 10.1. The van der Waals surface area contributed by atoms with Crippen molar-refractivity contribution in [2.75, 3.05) is 0 Å². The van der Waals surface area contributed by atoms with Crippen LogP contribution in [-0.4, -0.2) is 0 Å². The van der Waals surface area contributed by atoms with Gasteiger partial charge in [0.25, 0.3) is 0 Å². The third kappa shape index (κ3) is 3.25. The maximum atomic E-state index is 5.90. The molecule has 0 fully saturated rings. The van der Waals surface area contributed by atoms with Gasteiger partial charge in [-0.15, -0.1) is 11.8 Å². The number of furan rings is 1. The second kappa shape index (κ2) is 5.11. The van der Waals surface area contributed by atoms with Gasteiger partial charge in [0, 0.05) is 18.0 Å². The molecule has 0 spiro atoms. The van der Waals surface area contributed by atoms with E-state index >= 15 is 0 Å². The Morgan fingerprint density at radius 1 is 1.69 bits per heavy atom. The Kier molecular flexibility index (Phi) is 4.07. The van der Waals surface area contributed by atoms with Crippen molar-refractivity contribution < 1.29 is 4.42 Å². The van der Waals surface area contributed by atoms with Gasteiger partial charge in [-0.3, -0.25) is 0 Å². The van der Waals surface area contributed by atoms with E-state index in [0.717, 1.165) is 23.1 Å². The second-order valence-electron chi connectivity index (χ2n) is 2.76. The zero-order valence-corrected chi connectivity index (χ0v) is 9.10. The highest BCUT2D eigenvalue weighted by atomic mass is 79.9. The predicted molar refractivity (Wildman–Crippen MR) is 56.0 cm³/mol. The first-order valence-corrected chi connectivity index (χ1v) is 4.92. The van der Waals surface area contributed by atoms with Crippen LogP contribution in [0.1, 0.15) is 31.4 Å². The summed E-state index contributed by atoms with van der Waals surface area (Å²) in [5, 5.41) is 0. The Labute approximate surface area is 86.6 Å². The highest BCUT2D eigenvalue weighted by molar-refractivity contribution is 9.10. The van der Waals surface area contributed by atoms with Crippen LogP contribution in [0.2, 0.25) is 0 Å². The maximum absolute atomic E-state index is 5.90. The second-order valence-corrected chi connectivity index (χ2v) is 3.54. The van der Waals surface area contributed by atoms with E-state index in [0.29, 0.717) is 0 Å². The standard InChI is InChI=1S/C10H12BrNO/c1-2-3-4-5-9(12)8-6-10(11)13-7-8/h6-7,9H,4-5,12H2,1H3. The minimum atomic E-state index is 0.0240. The van der Waals surface area contributed by atoms with Gasteiger partial charge in [-0.1, -0.05) is 0 Å². The lowest BCUT2D eigenvalue weighted by Crippen LogP contribution is -2.08. The van der Waals surface area contributed by atoms with Gasteiger partial charge in [0.05, 0.1) is 6.26 Å². The molecule has 13 heavy (non-hydrogen) atoms. The highest BCUT2D eigenvalue weighted by Crippen LogP contribution is 2.21. The van der Waals surface area contributed by atoms with E-state index in [4.69, 9.17) is 10.2 Å². The molecule has 1 aromatic rings. The normalized spacial score (nSPS) is 11.9. The number of nitrogens with two attached hydrogens (primary N) is 1. The molecule has 2 N–H and O–H groups in total. The van der Waals surface area contributed by atoms with Crippen LogP contribution in [0.4, 0.5) is 0 Å². The summed E-state index contributed by atoms with van der Waals surface area (Å²) in [4.78, 5) is 0. The summed E-state index contributed by atoms with van der Waals surface area (Å²) in [6, 6.07) is 1.92. The molecule has 70 valence electrons. The van der Waals surface area contributed by atoms with Gasteiger partial charge in [-0.25, -0.2) is 0 Å². The van der Waals surface area contributed by atoms with Crippen molar-refractivity contribution >= 4 is 15.9 Å². The summed E-state index contributed by atoms with van der Waals surface area (Å²) in [7, 11) is 0. The molecule has 0 aliphatic carbocycles. The molecule has 1 rings (SSSR count). The zero-order valence-electron chi connectivity index (χ0n) is 7.51. The van der Waals surface area contributed by atoms with Gasteiger partial charge in [-0.2, -0.15) is 0 Å². The fourth-order valence-electron chi connectivity index (χ4n) is 1.04. The first kappa shape index (κ1) is 10.4. The summed E-state index contributed by atoms with van der Waals surface area (Å²) in [6.07, 6.45) is 3.38. The van der Waals surface area contributed by atoms with Crippen molar-refractivity contribution in [1.29, 1.82) is 0 Å². The van der Waals surface area contributed by atoms with Crippen LogP contribution in [0, 0.1) is 11.8 Å². The molecule has 0 saturated heterocycles. The van der Waals surface area contributed by atoms with E-state index < -0.39 is 0 Å². The zero-order chi connectivity index (χ0) is 9.68. The van der Waals surface area contributed by atoms with E-state index in [1.807, 2.05) is 13.0 Å². The van der Waals surface area contributed by atoms with Crippen LogP contribution in [0.3, 0.4) is 0 Å². The summed E-state index contributed by atoms with van der Waals surface area (Å²) in [6.45, 7) is 1.83. The van der Waals surface area contributed by atoms with E-state index in [-0.39, 0.29) is 6.04 Å². The molecule has 0 aromatic carbocycles. The van der Waals surface area contributed by atoms with E-state index in [1.165, 1.54) is 0 Å². The molecule has 1 aromatic heterocycles. The molecular formula is C10H12BrNO. The Morgan fingerprint density at radius 2 is 2.46 bits per heavy atom. The van der Waals surface area contributed by atoms with Crippen LogP contribution in [0.15, 0.2) is 21.4 Å². The van der Waals surface area contributed by atoms with Gasteiger partial charge >= 0.3 is 0 Å². The molecule has 2 nitrogen and oxygen atoms in total. The molecule has 0 radical (unpaired) electrons. The Hall–Kier alpha value is -0.720. The largest absolute Gasteiger partial charge is 0.457 e. The molecule has 3 heteroatoms. The van der Waals surface area contributed by atoms with Crippen LogP contribution in [-0.2, 0) is 0 Å². The van der Waals surface area contributed by atoms with E-state index in [9.17, 15) is 0 Å². The van der Waals surface area contributed by atoms with Crippen molar-refractivity contribution in [3.63, 3.8) is 0 Å². The maximum Gasteiger partial charge on any atom is 0.169 e. The van der Waals surface area contributed by atoms with Gasteiger partial charge in [-0.05, 0) is 35.3 Å². The molecule has 0 bridgehead atoms. The molecule has 0 aliphatic heterocycles. The van der Waals surface area contributed by atoms with Crippen molar-refractivity contribution in [1.82, 2.24) is 0 Å². The average Bonchev–Trinajstić information content (AvgIpc) is 2.52. The van der Waals surface area contributed by atoms with Crippen LogP contribution < -0.4 is 5.73 Å². The first-order valence-electron chi connectivity index (χ1n) is 4.13. The molecular weight excluding hydrogens is 230 g/mol. The number of hydrogen-bond acceptors (Lipinski definition) is 2. The molecule has 1 heterocycles. The molecule has 1 atom stereocenters. The summed E-state index contributed by atoms with van der Waals surface area (Å²) in [5.41, 5.74) is 6.92. The fourth-order valence-corrected chi connectivity index (χ4v) is 1.39. The number of hydrogen-bond donors (Lipinski definition) is 1. The van der Waals surface area contributed by atoms with Crippen molar-refractivity contribution in [2.45, 2.75) is 25.8 Å². The highest BCUT2D eigenvalue weighted by Gasteiger charge is 2.07. The van der Waals surface area contributed by atoms with Crippen LogP contribution >= 0.6 is 15.9 Å². The van der Waals surface area contributed by atoms with Crippen molar-refractivity contribution in [3.8, 4) is 11.8 Å². The number of halogens is 1. The van der Waals surface area contributed by atoms with Crippen molar-refractivity contribution in [2.24, 2.45) is 5.73 Å². The van der Waals surface area contributed by atoms with Crippen LogP contribution in [0.5, 0.6) is 0 Å². The predicted octanol–water partition coefficient (Wildman–Crippen LogP) is 2.85. The molecule has 1 unspecified atom stereocenters. The minimum Gasteiger partial charge on any atom is -0.457 e. The van der Waals surface area contributed by atoms with Gasteiger partial charge in [0.1, 0.15) is 0 Å². The molecule has 0 amide bonds. The third-order valence-corrected chi connectivity index (χ3v) is 2.19. The van der Waals surface area contributed by atoms with E-state index in [2.05, 4.69) is 27.8 Å². The minimum absolute atomic E-state index is 0.0240. The monoisotopic (exact) mass is 241 g/mol. The fraction of sp³-hybridized carbons (Fsp3) is 0.400. The first-order chi connectivity index (χ1) is 6.24. The lowest BCUT2D eigenvalue weighted by Gasteiger charge is -2.05. The topological polar surface area (TPSA) is 39.2 Å². The van der Waals surface area contributed by atoms with Gasteiger partial charge in [0.2, 0.25) is 0 Å². The molecule has 0 saturated carbocycles. The Morgan fingerprint density at radius 3 is 3.00 bits per heavy atom. The Balaban J connectivity index is 2.47. The smallest absolute Gasteiger partial charge is 0.169 e. The molecule has 0 aliphatic rings.